The molecular weight excluding hydrogens is 327 g/mol. The molecule has 1 atom stereocenters. The number of aryl methyl sites for hydroxylation is 2. The zero-order valence-corrected chi connectivity index (χ0v) is 14.8. The quantitative estimate of drug-likeness (QED) is 0.866. The zero-order chi connectivity index (χ0) is 14.5. The van der Waals surface area contributed by atoms with E-state index in [1.807, 2.05) is 29.5 Å². The van der Waals surface area contributed by atoms with Gasteiger partial charge in [0.15, 0.2) is 0 Å². The summed E-state index contributed by atoms with van der Waals surface area (Å²) < 4.78 is 7.70. The molecule has 0 radical (unpaired) electrons. The van der Waals surface area contributed by atoms with Gasteiger partial charge in [0.1, 0.15) is 0 Å². The third kappa shape index (κ3) is 5.76. The third-order valence-electron chi connectivity index (χ3n) is 3.57. The molecule has 8 heteroatoms. The molecule has 2 N–H and O–H groups in total. The Labute approximate surface area is 144 Å². The van der Waals surface area contributed by atoms with E-state index in [1.165, 1.54) is 0 Å². The Hall–Kier alpha value is -0.820. The van der Waals surface area contributed by atoms with Crippen LogP contribution in [0.15, 0.2) is 6.07 Å². The molecule has 1 saturated heterocycles. The largest absolute Gasteiger partial charge is 0.373 e. The molecule has 1 aromatic rings. The van der Waals surface area contributed by atoms with E-state index in [0.717, 1.165) is 17.8 Å². The van der Waals surface area contributed by atoms with Crippen molar-refractivity contribution in [3.05, 3.63) is 17.5 Å². The maximum absolute atomic E-state index is 12.0. The number of ether oxygens (including phenoxy) is 1. The number of aromatic nitrogens is 2. The van der Waals surface area contributed by atoms with Gasteiger partial charge in [0, 0.05) is 25.2 Å². The summed E-state index contributed by atoms with van der Waals surface area (Å²) in [6.45, 7) is 7.18. The fourth-order valence-corrected chi connectivity index (χ4v) is 2.52. The number of hydrogen-bond donors (Lipinski definition) is 1. The van der Waals surface area contributed by atoms with Gasteiger partial charge in [0.05, 0.1) is 24.9 Å². The summed E-state index contributed by atoms with van der Waals surface area (Å²) in [4.78, 5) is 13.9. The lowest BCUT2D eigenvalue weighted by Crippen LogP contribution is -2.47. The van der Waals surface area contributed by atoms with Crippen LogP contribution in [0.5, 0.6) is 0 Å². The van der Waals surface area contributed by atoms with Crippen LogP contribution in [0.3, 0.4) is 0 Å². The first kappa shape index (κ1) is 21.2. The van der Waals surface area contributed by atoms with E-state index in [4.69, 9.17) is 10.5 Å². The summed E-state index contributed by atoms with van der Waals surface area (Å²) in [5.41, 5.74) is 7.58. The van der Waals surface area contributed by atoms with E-state index in [2.05, 4.69) is 5.10 Å². The number of carbonyl (C=O) groups excluding carboxylic acids is 1. The molecule has 0 aromatic carbocycles. The molecule has 1 aromatic heterocycles. The molecule has 128 valence electrons. The van der Waals surface area contributed by atoms with Crippen LogP contribution in [0.2, 0.25) is 0 Å². The van der Waals surface area contributed by atoms with Crippen LogP contribution in [0, 0.1) is 13.8 Å². The number of morpholine rings is 1. The van der Waals surface area contributed by atoms with Crippen molar-refractivity contribution in [1.82, 2.24) is 14.7 Å². The van der Waals surface area contributed by atoms with Gasteiger partial charge in [0.25, 0.3) is 0 Å². The fraction of sp³-hybridized carbons (Fsp3) is 0.714. The average Bonchev–Trinajstić information content (AvgIpc) is 2.74. The van der Waals surface area contributed by atoms with Crippen molar-refractivity contribution in [3.8, 4) is 0 Å². The number of amides is 1. The Bertz CT molecular complexity index is 468. The molecule has 0 spiro atoms. The molecule has 0 aliphatic carbocycles. The maximum atomic E-state index is 12.0. The Morgan fingerprint density at radius 2 is 2.18 bits per heavy atom. The number of nitrogens with two attached hydrogens (primary N) is 1. The van der Waals surface area contributed by atoms with Gasteiger partial charge in [-0.25, -0.2) is 0 Å². The highest BCUT2D eigenvalue weighted by Crippen LogP contribution is 2.11. The Morgan fingerprint density at radius 1 is 1.45 bits per heavy atom. The Balaban J connectivity index is 0.00000220. The van der Waals surface area contributed by atoms with Crippen molar-refractivity contribution in [2.24, 2.45) is 5.73 Å². The molecule has 6 nitrogen and oxygen atoms in total. The topological polar surface area (TPSA) is 73.4 Å². The first-order chi connectivity index (χ1) is 9.60. The smallest absolute Gasteiger partial charge is 0.222 e. The van der Waals surface area contributed by atoms with Crippen LogP contribution in [-0.2, 0) is 16.1 Å². The van der Waals surface area contributed by atoms with Gasteiger partial charge in [-0.05, 0) is 32.9 Å². The van der Waals surface area contributed by atoms with Crippen molar-refractivity contribution in [1.29, 1.82) is 0 Å². The molecule has 1 unspecified atom stereocenters. The van der Waals surface area contributed by atoms with Gasteiger partial charge in [-0.15, -0.1) is 24.8 Å². The first-order valence-corrected chi connectivity index (χ1v) is 7.20. The van der Waals surface area contributed by atoms with Crippen LogP contribution in [0.4, 0.5) is 0 Å². The summed E-state index contributed by atoms with van der Waals surface area (Å²) in [7, 11) is 0. The molecule has 0 bridgehead atoms. The van der Waals surface area contributed by atoms with Gasteiger partial charge in [0.2, 0.25) is 5.91 Å². The minimum Gasteiger partial charge on any atom is -0.373 e. The summed E-state index contributed by atoms with van der Waals surface area (Å²) >= 11 is 0. The van der Waals surface area contributed by atoms with Crippen LogP contribution in [0.1, 0.15) is 24.2 Å². The van der Waals surface area contributed by atoms with E-state index < -0.39 is 0 Å². The molecule has 1 amide bonds. The normalized spacial score (nSPS) is 17.6. The predicted octanol–water partition coefficient (Wildman–Crippen LogP) is 1.31. The van der Waals surface area contributed by atoms with Crippen molar-refractivity contribution >= 4 is 30.7 Å². The number of rotatable bonds is 5. The van der Waals surface area contributed by atoms with Gasteiger partial charge in [-0.2, -0.15) is 5.10 Å². The monoisotopic (exact) mass is 352 g/mol. The number of carbonyl (C=O) groups is 1. The molecule has 1 aliphatic heterocycles. The lowest BCUT2D eigenvalue weighted by molar-refractivity contribution is -0.139. The second-order valence-electron chi connectivity index (χ2n) is 5.33. The van der Waals surface area contributed by atoms with Crippen LogP contribution in [0.25, 0.3) is 0 Å². The van der Waals surface area contributed by atoms with Crippen molar-refractivity contribution in [2.45, 2.75) is 39.3 Å². The SMILES string of the molecule is Cc1cc(C)n(CC2CN(C(=O)CCCN)CCO2)n1.Cl.Cl. The second-order valence-corrected chi connectivity index (χ2v) is 5.33. The minimum absolute atomic E-state index is 0. The van der Waals surface area contributed by atoms with E-state index >= 15 is 0 Å². The minimum atomic E-state index is 0. The van der Waals surface area contributed by atoms with E-state index in [9.17, 15) is 4.79 Å². The number of nitrogens with zero attached hydrogens (tertiary/aromatic N) is 3. The second kappa shape index (κ2) is 10.0. The highest BCUT2D eigenvalue weighted by atomic mass is 35.5. The van der Waals surface area contributed by atoms with Crippen molar-refractivity contribution in [2.75, 3.05) is 26.2 Å². The summed E-state index contributed by atoms with van der Waals surface area (Å²) in [6, 6.07) is 2.05. The first-order valence-electron chi connectivity index (χ1n) is 7.20. The zero-order valence-electron chi connectivity index (χ0n) is 13.2. The highest BCUT2D eigenvalue weighted by molar-refractivity contribution is 5.85. The molecule has 22 heavy (non-hydrogen) atoms. The molecule has 2 rings (SSSR count). The molecule has 1 fully saturated rings. The Kier molecular flexibility index (Phi) is 9.67. The lowest BCUT2D eigenvalue weighted by atomic mass is 10.2. The Morgan fingerprint density at radius 3 is 2.77 bits per heavy atom. The summed E-state index contributed by atoms with van der Waals surface area (Å²) in [5.74, 6) is 0.178. The van der Waals surface area contributed by atoms with E-state index in [0.29, 0.717) is 39.2 Å². The third-order valence-corrected chi connectivity index (χ3v) is 3.57. The molecule has 0 saturated carbocycles. The van der Waals surface area contributed by atoms with Crippen LogP contribution in [-0.4, -0.2) is 52.9 Å². The summed E-state index contributed by atoms with van der Waals surface area (Å²) in [5, 5.41) is 4.44. The number of halogens is 2. The summed E-state index contributed by atoms with van der Waals surface area (Å²) in [6.07, 6.45) is 1.30. The molecule has 1 aliphatic rings. The maximum Gasteiger partial charge on any atom is 0.222 e. The van der Waals surface area contributed by atoms with Gasteiger partial charge in [-0.3, -0.25) is 9.48 Å². The van der Waals surface area contributed by atoms with Gasteiger partial charge < -0.3 is 15.4 Å². The van der Waals surface area contributed by atoms with E-state index in [-0.39, 0.29) is 36.8 Å². The van der Waals surface area contributed by atoms with Gasteiger partial charge in [-0.1, -0.05) is 0 Å². The van der Waals surface area contributed by atoms with Gasteiger partial charge >= 0.3 is 0 Å². The molecular formula is C14H26Cl2N4O2. The predicted molar refractivity (Wildman–Crippen MR) is 90.8 cm³/mol. The highest BCUT2D eigenvalue weighted by Gasteiger charge is 2.24. The van der Waals surface area contributed by atoms with Crippen LogP contribution < -0.4 is 5.73 Å². The van der Waals surface area contributed by atoms with Crippen LogP contribution >= 0.6 is 24.8 Å². The average molecular weight is 353 g/mol. The lowest BCUT2D eigenvalue weighted by Gasteiger charge is -2.33. The standard InChI is InChI=1S/C14H24N4O2.2ClH/c1-11-8-12(2)18(16-11)10-13-9-17(6-7-20-13)14(19)4-3-5-15;;/h8,13H,3-7,9-10,15H2,1-2H3;2*1H. The van der Waals surface area contributed by atoms with Crippen molar-refractivity contribution in [3.63, 3.8) is 0 Å². The van der Waals surface area contributed by atoms with Crippen molar-refractivity contribution < 1.29 is 9.53 Å². The fourth-order valence-electron chi connectivity index (χ4n) is 2.52. The number of hydrogen-bond acceptors (Lipinski definition) is 4. The van der Waals surface area contributed by atoms with E-state index in [1.54, 1.807) is 0 Å². The molecule has 2 heterocycles.